The number of thiocarbonyl (C=S) groups is 1. The minimum Gasteiger partial charge on any atom is -0.483 e. The summed E-state index contributed by atoms with van der Waals surface area (Å²) >= 11 is 5.29. The molecule has 33 heavy (non-hydrogen) atoms. The number of hydrogen-bond acceptors (Lipinski definition) is 5. The van der Waals surface area contributed by atoms with Crippen LogP contribution in [-0.2, 0) is 10.3 Å². The van der Waals surface area contributed by atoms with E-state index in [0.29, 0.717) is 22.7 Å². The van der Waals surface area contributed by atoms with Crippen LogP contribution >= 0.6 is 12.2 Å². The maximum absolute atomic E-state index is 14.8. The molecule has 1 aromatic carbocycles. The van der Waals surface area contributed by atoms with Crippen LogP contribution in [0.3, 0.4) is 0 Å². The Hall–Kier alpha value is -2.79. The van der Waals surface area contributed by atoms with Crippen LogP contribution in [0.1, 0.15) is 43.2 Å². The number of halogens is 4. The highest BCUT2D eigenvalue weighted by atomic mass is 32.1. The molecule has 1 unspecified atom stereocenters. The van der Waals surface area contributed by atoms with E-state index in [9.17, 15) is 22.4 Å². The van der Waals surface area contributed by atoms with E-state index in [0.717, 1.165) is 6.20 Å². The van der Waals surface area contributed by atoms with Crippen molar-refractivity contribution >= 4 is 28.8 Å². The molecule has 0 radical (unpaired) electrons. The first-order valence-electron chi connectivity index (χ1n) is 9.98. The van der Waals surface area contributed by atoms with Crippen molar-refractivity contribution in [3.05, 3.63) is 53.6 Å². The van der Waals surface area contributed by atoms with Gasteiger partial charge in [0, 0.05) is 17.7 Å². The molecule has 1 amide bonds. The third kappa shape index (κ3) is 6.61. The van der Waals surface area contributed by atoms with Gasteiger partial charge in [-0.05, 0) is 51.1 Å². The van der Waals surface area contributed by atoms with Gasteiger partial charge < -0.3 is 20.1 Å². The molecule has 0 bridgehead atoms. The molecule has 0 aliphatic carbocycles. The number of rotatable bonds is 5. The Morgan fingerprint density at radius 1 is 1.27 bits per heavy atom. The van der Waals surface area contributed by atoms with Crippen molar-refractivity contribution in [3.8, 4) is 5.75 Å². The first-order valence-corrected chi connectivity index (χ1v) is 10.4. The van der Waals surface area contributed by atoms with E-state index >= 15 is 0 Å². The number of carbonyl (C=O) groups is 1. The maximum atomic E-state index is 14.8. The van der Waals surface area contributed by atoms with Gasteiger partial charge in [0.1, 0.15) is 22.2 Å². The van der Waals surface area contributed by atoms with Crippen molar-refractivity contribution in [1.29, 1.82) is 0 Å². The van der Waals surface area contributed by atoms with Gasteiger partial charge in [0.05, 0.1) is 23.9 Å². The van der Waals surface area contributed by atoms with E-state index in [1.54, 1.807) is 6.92 Å². The van der Waals surface area contributed by atoms with Gasteiger partial charge in [-0.2, -0.15) is 13.2 Å². The topological polar surface area (TPSA) is 72.5 Å². The van der Waals surface area contributed by atoms with Crippen LogP contribution in [-0.4, -0.2) is 40.9 Å². The number of anilines is 1. The fourth-order valence-corrected chi connectivity index (χ4v) is 3.98. The number of nitrogens with one attached hydrogen (secondary N) is 2. The third-order valence-corrected chi connectivity index (χ3v) is 5.20. The molecule has 0 spiro atoms. The zero-order valence-corrected chi connectivity index (χ0v) is 19.0. The van der Waals surface area contributed by atoms with Gasteiger partial charge in [-0.15, -0.1) is 0 Å². The number of hydrogen-bond donors (Lipinski definition) is 2. The molecule has 2 heterocycles. The molecule has 1 aromatic heterocycles. The second kappa shape index (κ2) is 9.22. The molecule has 6 nitrogen and oxygen atoms in total. The van der Waals surface area contributed by atoms with Crippen molar-refractivity contribution in [1.82, 2.24) is 10.3 Å². The predicted octanol–water partition coefficient (Wildman–Crippen LogP) is 4.75. The van der Waals surface area contributed by atoms with Crippen LogP contribution in [0, 0.1) is 5.82 Å². The van der Waals surface area contributed by atoms with E-state index in [2.05, 4.69) is 20.4 Å². The quantitative estimate of drug-likeness (QED) is 0.471. The van der Waals surface area contributed by atoms with E-state index < -0.39 is 35.6 Å². The smallest absolute Gasteiger partial charge is 0.422 e. The summed E-state index contributed by atoms with van der Waals surface area (Å²) in [5.41, 5.74) is -0.904. The fourth-order valence-electron chi connectivity index (χ4n) is 3.70. The summed E-state index contributed by atoms with van der Waals surface area (Å²) in [7, 11) is 0. The number of alkyl halides is 3. The van der Waals surface area contributed by atoms with Crippen LogP contribution in [0.5, 0.6) is 5.75 Å². The van der Waals surface area contributed by atoms with Crippen molar-refractivity contribution in [2.75, 3.05) is 18.5 Å². The van der Waals surface area contributed by atoms with Crippen LogP contribution in [0.25, 0.3) is 0 Å². The molecule has 1 aliphatic rings. The summed E-state index contributed by atoms with van der Waals surface area (Å²) in [6, 6.07) is 6.59. The zero-order valence-electron chi connectivity index (χ0n) is 18.2. The highest BCUT2D eigenvalue weighted by molar-refractivity contribution is 7.80. The number of carbonyl (C=O) groups excluding carboxylic acids is 1. The average Bonchev–Trinajstić information content (AvgIpc) is 2.82. The Labute approximate surface area is 193 Å². The lowest BCUT2D eigenvalue weighted by Crippen LogP contribution is -2.45. The minimum absolute atomic E-state index is 0.0465. The summed E-state index contributed by atoms with van der Waals surface area (Å²) in [6.45, 7) is 4.33. The Bertz CT molecular complexity index is 1040. The monoisotopic (exact) mass is 485 g/mol. The molecule has 1 atom stereocenters. The fraction of sp³-hybridized carbons (Fsp3) is 0.409. The largest absolute Gasteiger partial charge is 0.483 e. The Kier molecular flexibility index (Phi) is 6.94. The van der Waals surface area contributed by atoms with Gasteiger partial charge >= 0.3 is 6.18 Å². The van der Waals surface area contributed by atoms with Gasteiger partial charge in [-0.1, -0.05) is 12.2 Å². The van der Waals surface area contributed by atoms with E-state index in [1.807, 2.05) is 13.8 Å². The van der Waals surface area contributed by atoms with E-state index in [-0.39, 0.29) is 18.1 Å². The lowest BCUT2D eigenvalue weighted by atomic mass is 9.81. The van der Waals surface area contributed by atoms with Gasteiger partial charge in [0.15, 0.2) is 6.61 Å². The number of amides is 1. The molecule has 2 aromatic rings. The lowest BCUT2D eigenvalue weighted by Gasteiger charge is -2.35. The van der Waals surface area contributed by atoms with Gasteiger partial charge in [-0.3, -0.25) is 4.79 Å². The Morgan fingerprint density at radius 3 is 2.64 bits per heavy atom. The third-order valence-electron chi connectivity index (χ3n) is 4.98. The second-order valence-electron chi connectivity index (χ2n) is 8.54. The van der Waals surface area contributed by atoms with Gasteiger partial charge in [0.2, 0.25) is 0 Å². The van der Waals surface area contributed by atoms with Crippen LogP contribution in [0.2, 0.25) is 0 Å². The average molecular weight is 486 g/mol. The van der Waals surface area contributed by atoms with Crippen molar-refractivity contribution in [2.45, 2.75) is 44.5 Å². The first kappa shape index (κ1) is 24.8. The number of benzene rings is 1. The van der Waals surface area contributed by atoms with Crippen molar-refractivity contribution < 1.29 is 31.8 Å². The maximum Gasteiger partial charge on any atom is 0.422 e. The molecule has 3 rings (SSSR count). The SMILES string of the molecule is CC1(C)CC(C)(c2cc(NC(=O)c3ccc(OCC(F)(F)F)cn3)ccc2F)NC(=S)CO1. The van der Waals surface area contributed by atoms with Crippen LogP contribution in [0.15, 0.2) is 36.5 Å². The lowest BCUT2D eigenvalue weighted by molar-refractivity contribution is -0.153. The van der Waals surface area contributed by atoms with Gasteiger partial charge in [0.25, 0.3) is 5.91 Å². The normalized spacial score (nSPS) is 20.5. The Balaban J connectivity index is 1.78. The van der Waals surface area contributed by atoms with Crippen LogP contribution < -0.4 is 15.4 Å². The summed E-state index contributed by atoms with van der Waals surface area (Å²) < 4.78 is 61.9. The molecular weight excluding hydrogens is 462 g/mol. The molecule has 1 saturated heterocycles. The molecule has 178 valence electrons. The van der Waals surface area contributed by atoms with Gasteiger partial charge in [-0.25, -0.2) is 9.37 Å². The standard InChI is InChI=1S/C22H23F4N3O3S/c1-20(2)11-21(3,29-18(33)10-32-20)15-8-13(4-6-16(15)23)28-19(30)17-7-5-14(9-27-17)31-12-22(24,25)26/h4-9H,10-12H2,1-3H3,(H,28,30)(H,29,33). The summed E-state index contributed by atoms with van der Waals surface area (Å²) in [6.07, 6.45) is -3.05. The Morgan fingerprint density at radius 2 is 2.00 bits per heavy atom. The molecule has 0 saturated carbocycles. The second-order valence-corrected chi connectivity index (χ2v) is 9.03. The summed E-state index contributed by atoms with van der Waals surface area (Å²) in [5.74, 6) is -1.22. The molecule has 1 fully saturated rings. The van der Waals surface area contributed by atoms with Crippen molar-refractivity contribution in [2.24, 2.45) is 0 Å². The minimum atomic E-state index is -4.48. The molecule has 11 heteroatoms. The van der Waals surface area contributed by atoms with Crippen LogP contribution in [0.4, 0.5) is 23.2 Å². The molecular formula is C22H23F4N3O3S. The molecule has 2 N–H and O–H groups in total. The number of aromatic nitrogens is 1. The van der Waals surface area contributed by atoms with E-state index in [1.165, 1.54) is 30.3 Å². The van der Waals surface area contributed by atoms with Crippen molar-refractivity contribution in [3.63, 3.8) is 0 Å². The number of pyridine rings is 1. The van der Waals surface area contributed by atoms with E-state index in [4.69, 9.17) is 17.0 Å². The number of nitrogens with zero attached hydrogens (tertiary/aromatic N) is 1. The first-order chi connectivity index (χ1) is 15.3. The highest BCUT2D eigenvalue weighted by Crippen LogP contribution is 2.36. The number of ether oxygens (including phenoxy) is 2. The zero-order chi connectivity index (χ0) is 24.4. The molecule has 1 aliphatic heterocycles. The predicted molar refractivity (Wildman–Crippen MR) is 118 cm³/mol. The summed E-state index contributed by atoms with van der Waals surface area (Å²) in [5, 5.41) is 5.78. The highest BCUT2D eigenvalue weighted by Gasteiger charge is 2.40. The summed E-state index contributed by atoms with van der Waals surface area (Å²) in [4.78, 5) is 16.8.